The van der Waals surface area contributed by atoms with Gasteiger partial charge in [0.1, 0.15) is 0 Å². The molecule has 9 heavy (non-hydrogen) atoms. The van der Waals surface area contributed by atoms with Gasteiger partial charge in [-0.3, -0.25) is 0 Å². The highest BCUT2D eigenvalue weighted by atomic mass is 16.7. The topological polar surface area (TPSA) is 40.4 Å². The maximum absolute atomic E-state index is 5.47. The maximum Gasteiger partial charge on any atom is 0.174 e. The first-order valence-electron chi connectivity index (χ1n) is 3.46. The molecule has 2 bridgehead atoms. The van der Waals surface area contributed by atoms with Gasteiger partial charge in [0.2, 0.25) is 0 Å². The van der Waals surface area contributed by atoms with Crippen molar-refractivity contribution in [3.63, 3.8) is 0 Å². The summed E-state index contributed by atoms with van der Waals surface area (Å²) in [5.41, 5.74) is 0. The third-order valence-corrected chi connectivity index (χ3v) is 2.31. The fraction of sp³-hybridized carbons (Fsp3) is 1.00. The van der Waals surface area contributed by atoms with Gasteiger partial charge in [0, 0.05) is 6.04 Å². The maximum atomic E-state index is 5.47. The zero-order chi connectivity index (χ0) is 5.84. The Morgan fingerprint density at radius 3 is 3.44 bits per heavy atom. The van der Waals surface area contributed by atoms with Crippen LogP contribution in [0.15, 0.2) is 0 Å². The lowest BCUT2D eigenvalue weighted by molar-refractivity contribution is -0.0697. The lowest BCUT2D eigenvalue weighted by Crippen LogP contribution is -2.26. The fourth-order valence-electron chi connectivity index (χ4n) is 1.74. The van der Waals surface area contributed by atoms with Crippen LogP contribution in [0.1, 0.15) is 6.42 Å². The van der Waals surface area contributed by atoms with Crippen LogP contribution in [0.4, 0.5) is 0 Å². The summed E-state index contributed by atoms with van der Waals surface area (Å²) in [6.07, 6.45) is 1.64. The van der Waals surface area contributed by atoms with Crippen molar-refractivity contribution < 1.29 is 9.47 Å². The van der Waals surface area contributed by atoms with Crippen LogP contribution in [0, 0.1) is 0 Å². The predicted octanol–water partition coefficient (Wildman–Crippen LogP) is -0.528. The van der Waals surface area contributed by atoms with Gasteiger partial charge in [0.15, 0.2) is 6.29 Å². The average molecular weight is 127 g/mol. The first-order valence-corrected chi connectivity index (χ1v) is 3.46. The molecule has 3 rings (SSSR count). The monoisotopic (exact) mass is 127 g/mol. The summed E-state index contributed by atoms with van der Waals surface area (Å²) in [6, 6.07) is 1.25. The van der Waals surface area contributed by atoms with E-state index in [2.05, 4.69) is 5.32 Å². The van der Waals surface area contributed by atoms with Crippen LogP contribution in [0.25, 0.3) is 0 Å². The molecule has 3 aliphatic heterocycles. The van der Waals surface area contributed by atoms with Gasteiger partial charge >= 0.3 is 0 Å². The number of fused-ring (bicyclic) bond motifs is 4. The third-order valence-electron chi connectivity index (χ3n) is 2.31. The summed E-state index contributed by atoms with van der Waals surface area (Å²) in [6.45, 7) is 0.819. The van der Waals surface area contributed by atoms with Crippen molar-refractivity contribution in [2.24, 2.45) is 0 Å². The van der Waals surface area contributed by atoms with E-state index in [-0.39, 0.29) is 6.29 Å². The number of ether oxygens (including phenoxy) is 2. The van der Waals surface area contributed by atoms with E-state index >= 15 is 0 Å². The summed E-state index contributed by atoms with van der Waals surface area (Å²) in [7, 11) is 0. The third kappa shape index (κ3) is 0.520. The van der Waals surface area contributed by atoms with Crippen molar-refractivity contribution in [1.29, 1.82) is 0 Å². The Morgan fingerprint density at radius 2 is 2.44 bits per heavy atom. The van der Waals surface area contributed by atoms with E-state index in [1.165, 1.54) is 0 Å². The number of hydrogen-bond donors (Lipinski definition) is 1. The van der Waals surface area contributed by atoms with Crippen molar-refractivity contribution in [3.8, 4) is 0 Å². The Kier molecular flexibility index (Phi) is 0.678. The molecule has 3 fully saturated rings. The van der Waals surface area contributed by atoms with Crippen LogP contribution in [-0.2, 0) is 9.47 Å². The first kappa shape index (κ1) is 4.66. The highest BCUT2D eigenvalue weighted by Crippen LogP contribution is 2.34. The Morgan fingerprint density at radius 1 is 1.44 bits per heavy atom. The minimum atomic E-state index is 0.0914. The average Bonchev–Trinajstić information content (AvgIpc) is 2.50. The molecular weight excluding hydrogens is 118 g/mol. The fourth-order valence-corrected chi connectivity index (χ4v) is 1.74. The Labute approximate surface area is 53.3 Å². The molecule has 4 atom stereocenters. The molecule has 3 heterocycles. The second-order valence-corrected chi connectivity index (χ2v) is 2.99. The molecule has 50 valence electrons. The SMILES string of the molecule is C1O[C@@H]2O[C@H]1C[C@H]1N[C@@H]21. The van der Waals surface area contributed by atoms with Gasteiger partial charge < -0.3 is 14.8 Å². The smallest absolute Gasteiger partial charge is 0.174 e. The molecule has 0 saturated carbocycles. The minimum Gasteiger partial charge on any atom is -0.348 e. The van der Waals surface area contributed by atoms with Crippen LogP contribution >= 0.6 is 0 Å². The van der Waals surface area contributed by atoms with Gasteiger partial charge in [-0.1, -0.05) is 0 Å². The van der Waals surface area contributed by atoms with Gasteiger partial charge in [0.25, 0.3) is 0 Å². The van der Waals surface area contributed by atoms with Crippen LogP contribution in [-0.4, -0.2) is 31.1 Å². The van der Waals surface area contributed by atoms with Crippen LogP contribution in [0.3, 0.4) is 0 Å². The lowest BCUT2D eigenvalue weighted by atomic mass is 10.1. The molecule has 0 unspecified atom stereocenters. The normalized spacial score (nSPS) is 61.3. The van der Waals surface area contributed by atoms with Gasteiger partial charge in [-0.25, -0.2) is 0 Å². The van der Waals surface area contributed by atoms with E-state index < -0.39 is 0 Å². The molecule has 3 heteroatoms. The zero-order valence-electron chi connectivity index (χ0n) is 5.04. The molecule has 0 spiro atoms. The molecular formula is C6H9NO2. The number of nitrogens with one attached hydrogen (secondary N) is 1. The second-order valence-electron chi connectivity index (χ2n) is 2.99. The van der Waals surface area contributed by atoms with Gasteiger partial charge in [0.05, 0.1) is 18.8 Å². The highest BCUT2D eigenvalue weighted by molar-refractivity contribution is 5.06. The summed E-state index contributed by atoms with van der Waals surface area (Å²) < 4.78 is 10.8. The molecule has 0 radical (unpaired) electrons. The molecule has 1 N–H and O–H groups in total. The van der Waals surface area contributed by atoms with Crippen molar-refractivity contribution in [2.45, 2.75) is 30.9 Å². The molecule has 0 aromatic rings. The Balaban J connectivity index is 1.90. The summed E-state index contributed by atoms with van der Waals surface area (Å²) in [5.74, 6) is 0. The second kappa shape index (κ2) is 1.31. The predicted molar refractivity (Wildman–Crippen MR) is 29.9 cm³/mol. The molecule has 3 saturated heterocycles. The zero-order valence-corrected chi connectivity index (χ0v) is 5.04. The van der Waals surface area contributed by atoms with Crippen LogP contribution < -0.4 is 5.32 Å². The summed E-state index contributed by atoms with van der Waals surface area (Å²) in [5, 5.41) is 3.31. The van der Waals surface area contributed by atoms with Gasteiger partial charge in [-0.15, -0.1) is 0 Å². The standard InChI is InChI=1S/C6H9NO2/c1-3-2-8-6(9-3)5-4(1)7-5/h3-7H,1-2H2/t3-,4+,5+,6+/m0/s1. The molecule has 0 aromatic heterocycles. The van der Waals surface area contributed by atoms with Crippen molar-refractivity contribution in [3.05, 3.63) is 0 Å². The largest absolute Gasteiger partial charge is 0.348 e. The van der Waals surface area contributed by atoms with E-state index in [9.17, 15) is 0 Å². The van der Waals surface area contributed by atoms with E-state index in [4.69, 9.17) is 9.47 Å². The minimum absolute atomic E-state index is 0.0914. The number of rotatable bonds is 0. The van der Waals surface area contributed by atoms with Gasteiger partial charge in [-0.05, 0) is 6.42 Å². The quantitative estimate of drug-likeness (QED) is 0.445. The molecule has 0 amide bonds. The summed E-state index contributed by atoms with van der Waals surface area (Å²) >= 11 is 0. The van der Waals surface area contributed by atoms with Crippen LogP contribution in [0.2, 0.25) is 0 Å². The molecule has 3 nitrogen and oxygen atoms in total. The first-order chi connectivity index (χ1) is 4.43. The Bertz CT molecular complexity index is 148. The lowest BCUT2D eigenvalue weighted by Gasteiger charge is -2.13. The summed E-state index contributed by atoms with van der Waals surface area (Å²) in [4.78, 5) is 0. The van der Waals surface area contributed by atoms with Crippen molar-refractivity contribution >= 4 is 0 Å². The van der Waals surface area contributed by atoms with Crippen LogP contribution in [0.5, 0.6) is 0 Å². The highest BCUT2D eigenvalue weighted by Gasteiger charge is 2.53. The van der Waals surface area contributed by atoms with E-state index in [0.29, 0.717) is 12.1 Å². The molecule has 0 aromatic carbocycles. The van der Waals surface area contributed by atoms with Crippen molar-refractivity contribution in [1.82, 2.24) is 5.32 Å². The van der Waals surface area contributed by atoms with Gasteiger partial charge in [-0.2, -0.15) is 0 Å². The van der Waals surface area contributed by atoms with Crippen molar-refractivity contribution in [2.75, 3.05) is 6.61 Å². The van der Waals surface area contributed by atoms with E-state index in [1.807, 2.05) is 0 Å². The van der Waals surface area contributed by atoms with E-state index in [0.717, 1.165) is 19.1 Å². The Hall–Kier alpha value is -0.120. The molecule has 0 aliphatic carbocycles. The van der Waals surface area contributed by atoms with E-state index in [1.54, 1.807) is 0 Å². The number of hydrogen-bond acceptors (Lipinski definition) is 3. The molecule has 3 aliphatic rings.